The average molecular weight is 411 g/mol. The van der Waals surface area contributed by atoms with Crippen molar-refractivity contribution in [3.63, 3.8) is 0 Å². The Hall–Kier alpha value is -1.99. The summed E-state index contributed by atoms with van der Waals surface area (Å²) >= 11 is 0. The van der Waals surface area contributed by atoms with Crippen LogP contribution in [0, 0.1) is 18.7 Å². The molecule has 8 heteroatoms. The molecular weight excluding hydrogens is 383 g/mol. The van der Waals surface area contributed by atoms with Gasteiger partial charge in [0.25, 0.3) is 0 Å². The topological polar surface area (TPSA) is 94.0 Å². The van der Waals surface area contributed by atoms with Crippen molar-refractivity contribution < 1.29 is 13.7 Å². The Labute approximate surface area is 170 Å². The second kappa shape index (κ2) is 10.5. The molecule has 3 N–H and O–H groups in total. The third-order valence-electron chi connectivity index (χ3n) is 5.28. The molecule has 1 fully saturated rings. The first-order chi connectivity index (χ1) is 13.1. The number of amides is 1. The van der Waals surface area contributed by atoms with E-state index < -0.39 is 0 Å². The van der Waals surface area contributed by atoms with E-state index in [4.69, 9.17) is 10.3 Å². The zero-order chi connectivity index (χ0) is 19.2. The van der Waals surface area contributed by atoms with E-state index >= 15 is 0 Å². The third kappa shape index (κ3) is 5.75. The second-order valence-electron chi connectivity index (χ2n) is 7.28. The molecule has 1 atom stereocenters. The minimum Gasteiger partial charge on any atom is -0.352 e. The standard InChI is InChI=1S/C20H27FN4O2.ClH/c1-13-7-8-15(11-16(13)21)20-24-19(27-25-20)10-9-18(26)23-17(12-22)14-5-3-2-4-6-14;/h7-8,11,14,17H,2-6,9-10,12,22H2,1H3,(H,23,26);1H. The molecule has 1 amide bonds. The van der Waals surface area contributed by atoms with Gasteiger partial charge in [-0.1, -0.05) is 36.6 Å². The van der Waals surface area contributed by atoms with Crippen molar-refractivity contribution in [2.24, 2.45) is 11.7 Å². The van der Waals surface area contributed by atoms with Gasteiger partial charge in [0.2, 0.25) is 17.6 Å². The fourth-order valence-electron chi connectivity index (χ4n) is 3.61. The molecule has 0 bridgehead atoms. The summed E-state index contributed by atoms with van der Waals surface area (Å²) in [4.78, 5) is 16.5. The van der Waals surface area contributed by atoms with Crippen LogP contribution in [0.2, 0.25) is 0 Å². The molecule has 1 aliphatic rings. The zero-order valence-electron chi connectivity index (χ0n) is 16.1. The summed E-state index contributed by atoms with van der Waals surface area (Å²) in [5.74, 6) is 0.791. The van der Waals surface area contributed by atoms with Crippen molar-refractivity contribution in [1.29, 1.82) is 0 Å². The average Bonchev–Trinajstić information content (AvgIpc) is 3.16. The second-order valence-corrected chi connectivity index (χ2v) is 7.28. The molecule has 1 heterocycles. The van der Waals surface area contributed by atoms with Crippen LogP contribution in [-0.2, 0) is 11.2 Å². The van der Waals surface area contributed by atoms with Crippen LogP contribution in [0.4, 0.5) is 4.39 Å². The van der Waals surface area contributed by atoms with Crippen LogP contribution in [0.1, 0.15) is 50.0 Å². The Bertz CT molecular complexity index is 777. The normalized spacial score (nSPS) is 15.7. The van der Waals surface area contributed by atoms with Gasteiger partial charge in [0, 0.05) is 31.0 Å². The van der Waals surface area contributed by atoms with Crippen molar-refractivity contribution in [1.82, 2.24) is 15.5 Å². The molecule has 1 unspecified atom stereocenters. The van der Waals surface area contributed by atoms with Gasteiger partial charge in [-0.25, -0.2) is 4.39 Å². The van der Waals surface area contributed by atoms with E-state index in [0.717, 1.165) is 12.8 Å². The summed E-state index contributed by atoms with van der Waals surface area (Å²) in [6.45, 7) is 2.15. The van der Waals surface area contributed by atoms with Gasteiger partial charge in [0.1, 0.15) is 5.82 Å². The van der Waals surface area contributed by atoms with Crippen molar-refractivity contribution >= 4 is 18.3 Å². The number of hydrogen-bond donors (Lipinski definition) is 2. The summed E-state index contributed by atoms with van der Waals surface area (Å²) in [5.41, 5.74) is 6.98. The molecule has 1 aromatic heterocycles. The number of nitrogens with two attached hydrogens (primary N) is 1. The lowest BCUT2D eigenvalue weighted by Crippen LogP contribution is -2.46. The molecule has 0 radical (unpaired) electrons. The number of nitrogens with one attached hydrogen (secondary N) is 1. The monoisotopic (exact) mass is 410 g/mol. The van der Waals surface area contributed by atoms with Crippen molar-refractivity contribution in [2.75, 3.05) is 6.54 Å². The molecule has 0 saturated heterocycles. The number of benzene rings is 1. The first-order valence-electron chi connectivity index (χ1n) is 9.65. The number of hydrogen-bond acceptors (Lipinski definition) is 5. The SMILES string of the molecule is Cc1ccc(-c2noc(CCC(=O)NC(CN)C3CCCCC3)n2)cc1F.Cl. The number of nitrogens with zero attached hydrogens (tertiary/aromatic N) is 2. The van der Waals surface area contributed by atoms with Gasteiger partial charge in [-0.2, -0.15) is 4.98 Å². The summed E-state index contributed by atoms with van der Waals surface area (Å²) in [6, 6.07) is 4.83. The van der Waals surface area contributed by atoms with Crippen LogP contribution in [-0.4, -0.2) is 28.6 Å². The Morgan fingerprint density at radius 3 is 2.79 bits per heavy atom. The Morgan fingerprint density at radius 2 is 2.11 bits per heavy atom. The van der Waals surface area contributed by atoms with E-state index in [1.807, 2.05) is 0 Å². The van der Waals surface area contributed by atoms with Crippen LogP contribution < -0.4 is 11.1 Å². The first-order valence-corrected chi connectivity index (χ1v) is 9.65. The van der Waals surface area contributed by atoms with E-state index in [1.54, 1.807) is 19.1 Å². The summed E-state index contributed by atoms with van der Waals surface area (Å²) in [5, 5.41) is 6.94. The summed E-state index contributed by atoms with van der Waals surface area (Å²) < 4.78 is 18.9. The molecule has 1 aliphatic carbocycles. The number of aryl methyl sites for hydroxylation is 2. The fourth-order valence-corrected chi connectivity index (χ4v) is 3.61. The predicted molar refractivity (Wildman–Crippen MR) is 108 cm³/mol. The maximum Gasteiger partial charge on any atom is 0.227 e. The van der Waals surface area contributed by atoms with Crippen LogP contribution >= 0.6 is 12.4 Å². The van der Waals surface area contributed by atoms with Gasteiger partial charge < -0.3 is 15.6 Å². The van der Waals surface area contributed by atoms with Crippen LogP contribution in [0.3, 0.4) is 0 Å². The quantitative estimate of drug-likeness (QED) is 0.727. The number of halogens is 2. The summed E-state index contributed by atoms with van der Waals surface area (Å²) in [7, 11) is 0. The van der Waals surface area contributed by atoms with E-state index in [9.17, 15) is 9.18 Å². The number of aromatic nitrogens is 2. The highest BCUT2D eigenvalue weighted by Gasteiger charge is 2.24. The lowest BCUT2D eigenvalue weighted by atomic mass is 9.84. The lowest BCUT2D eigenvalue weighted by Gasteiger charge is -2.30. The summed E-state index contributed by atoms with van der Waals surface area (Å²) in [6.07, 6.45) is 6.54. The van der Waals surface area contributed by atoms with Crippen molar-refractivity contribution in [2.45, 2.75) is 57.9 Å². The molecule has 0 spiro atoms. The van der Waals surface area contributed by atoms with Gasteiger partial charge >= 0.3 is 0 Å². The molecule has 3 rings (SSSR count). The minimum atomic E-state index is -0.311. The molecular formula is C20H28ClFN4O2. The smallest absolute Gasteiger partial charge is 0.227 e. The van der Waals surface area contributed by atoms with Crippen LogP contribution in [0.5, 0.6) is 0 Å². The molecule has 154 valence electrons. The number of rotatable bonds is 7. The molecule has 1 saturated carbocycles. The Kier molecular flexibility index (Phi) is 8.38. The van der Waals surface area contributed by atoms with Gasteiger partial charge in [0.05, 0.1) is 0 Å². The Morgan fingerprint density at radius 1 is 1.36 bits per heavy atom. The van der Waals surface area contributed by atoms with Gasteiger partial charge in [-0.3, -0.25) is 4.79 Å². The van der Waals surface area contributed by atoms with Crippen LogP contribution in [0.25, 0.3) is 11.4 Å². The highest BCUT2D eigenvalue weighted by atomic mass is 35.5. The van der Waals surface area contributed by atoms with E-state index in [0.29, 0.717) is 41.7 Å². The van der Waals surface area contributed by atoms with Gasteiger partial charge in [0.15, 0.2) is 0 Å². The lowest BCUT2D eigenvalue weighted by molar-refractivity contribution is -0.122. The molecule has 2 aromatic rings. The third-order valence-corrected chi connectivity index (χ3v) is 5.28. The van der Waals surface area contributed by atoms with Crippen LogP contribution in [0.15, 0.2) is 22.7 Å². The molecule has 1 aromatic carbocycles. The molecule has 0 aliphatic heterocycles. The molecule has 6 nitrogen and oxygen atoms in total. The highest BCUT2D eigenvalue weighted by Crippen LogP contribution is 2.26. The van der Waals surface area contributed by atoms with Crippen molar-refractivity contribution in [3.05, 3.63) is 35.5 Å². The van der Waals surface area contributed by atoms with E-state index in [1.165, 1.54) is 25.3 Å². The van der Waals surface area contributed by atoms with Gasteiger partial charge in [-0.05, 0) is 37.3 Å². The largest absolute Gasteiger partial charge is 0.352 e. The van der Waals surface area contributed by atoms with E-state index in [2.05, 4.69) is 15.5 Å². The maximum absolute atomic E-state index is 13.7. The Balaban J connectivity index is 0.00000280. The predicted octanol–water partition coefficient (Wildman–Crippen LogP) is 3.56. The van der Waals surface area contributed by atoms with E-state index in [-0.39, 0.29) is 36.6 Å². The zero-order valence-corrected chi connectivity index (χ0v) is 16.9. The fraction of sp³-hybridized carbons (Fsp3) is 0.550. The number of carbonyl (C=O) groups is 1. The molecule has 28 heavy (non-hydrogen) atoms. The minimum absolute atomic E-state index is 0. The highest BCUT2D eigenvalue weighted by molar-refractivity contribution is 5.85. The van der Waals surface area contributed by atoms with Crippen molar-refractivity contribution in [3.8, 4) is 11.4 Å². The number of carbonyl (C=O) groups excluding carboxylic acids is 1. The first kappa shape index (κ1) is 22.3. The van der Waals surface area contributed by atoms with Gasteiger partial charge in [-0.15, -0.1) is 12.4 Å². The maximum atomic E-state index is 13.7.